The number of likely N-dealkylation sites (tertiary alicyclic amines) is 1. The molecule has 1 fully saturated rings. The molecular formula is C34H35N3O6. The van der Waals surface area contributed by atoms with Crippen LogP contribution >= 0.6 is 0 Å². The van der Waals surface area contributed by atoms with Crippen molar-refractivity contribution in [2.75, 3.05) is 37.4 Å². The standard InChI is InChI=1S/C34H35N3O6/c1-41-33(40)34(37(28-15-8-14-27(35)22-28)31(38)30-16-9-21-42-30)17-19-36(20-18-34)23-29(26-12-6-3-7-13-26)32(39)43-24-25-10-4-2-5-11-25/h2-16,21-22,29H,17-20,23-24,35H2,1H3. The number of anilines is 2. The van der Waals surface area contributed by atoms with Crippen molar-refractivity contribution < 1.29 is 28.3 Å². The molecule has 1 aromatic heterocycles. The fraction of sp³-hybridized carbons (Fsp3) is 0.265. The maximum Gasteiger partial charge on any atom is 0.332 e. The van der Waals surface area contributed by atoms with Gasteiger partial charge in [0.2, 0.25) is 0 Å². The molecule has 1 saturated heterocycles. The molecule has 222 valence electrons. The van der Waals surface area contributed by atoms with Crippen LogP contribution in [0, 0.1) is 0 Å². The first-order chi connectivity index (χ1) is 20.9. The minimum Gasteiger partial charge on any atom is -0.467 e. The van der Waals surface area contributed by atoms with Gasteiger partial charge >= 0.3 is 11.9 Å². The Morgan fingerprint density at radius 3 is 2.26 bits per heavy atom. The van der Waals surface area contributed by atoms with Crippen molar-refractivity contribution in [3.8, 4) is 0 Å². The number of rotatable bonds is 10. The summed E-state index contributed by atoms with van der Waals surface area (Å²) in [5.41, 5.74) is 7.44. The first-order valence-electron chi connectivity index (χ1n) is 14.2. The third-order valence-electron chi connectivity index (χ3n) is 7.89. The van der Waals surface area contributed by atoms with Gasteiger partial charge in [-0.05, 0) is 54.3 Å². The average molecular weight is 582 g/mol. The summed E-state index contributed by atoms with van der Waals surface area (Å²) < 4.78 is 16.5. The first kappa shape index (κ1) is 29.6. The van der Waals surface area contributed by atoms with Gasteiger partial charge in [-0.15, -0.1) is 0 Å². The molecule has 1 atom stereocenters. The van der Waals surface area contributed by atoms with Crippen molar-refractivity contribution >= 4 is 29.2 Å². The van der Waals surface area contributed by atoms with Crippen molar-refractivity contribution in [3.63, 3.8) is 0 Å². The van der Waals surface area contributed by atoms with Crippen LogP contribution in [0.3, 0.4) is 0 Å². The van der Waals surface area contributed by atoms with E-state index in [1.54, 1.807) is 36.4 Å². The summed E-state index contributed by atoms with van der Waals surface area (Å²) in [6.07, 6.45) is 1.95. The summed E-state index contributed by atoms with van der Waals surface area (Å²) in [6, 6.07) is 29.1. The van der Waals surface area contributed by atoms with E-state index in [1.165, 1.54) is 18.3 Å². The maximum atomic E-state index is 13.9. The highest BCUT2D eigenvalue weighted by atomic mass is 16.5. The van der Waals surface area contributed by atoms with Crippen molar-refractivity contribution in [3.05, 3.63) is 120 Å². The Morgan fingerprint density at radius 1 is 0.930 bits per heavy atom. The Hall–Kier alpha value is -4.89. The molecule has 0 radical (unpaired) electrons. The van der Waals surface area contributed by atoms with Crippen LogP contribution in [0.2, 0.25) is 0 Å². The second kappa shape index (κ2) is 13.4. The molecule has 0 spiro atoms. The Labute approximate surface area is 250 Å². The van der Waals surface area contributed by atoms with Crippen molar-refractivity contribution in [1.82, 2.24) is 4.90 Å². The third kappa shape index (κ3) is 6.62. The van der Waals surface area contributed by atoms with Crippen LogP contribution < -0.4 is 10.6 Å². The number of esters is 2. The second-order valence-electron chi connectivity index (χ2n) is 10.6. The average Bonchev–Trinajstić information content (AvgIpc) is 3.59. The number of carbonyl (C=O) groups excluding carboxylic acids is 3. The SMILES string of the molecule is COC(=O)C1(N(C(=O)c2ccco2)c2cccc(N)c2)CCN(CC(C(=O)OCc2ccccc2)c2ccccc2)CC1. The van der Waals surface area contributed by atoms with E-state index >= 15 is 0 Å². The Balaban J connectivity index is 1.39. The molecule has 1 aliphatic heterocycles. The van der Waals surface area contributed by atoms with E-state index < -0.39 is 23.3 Å². The van der Waals surface area contributed by atoms with Crippen LogP contribution in [0.15, 0.2) is 108 Å². The van der Waals surface area contributed by atoms with Gasteiger partial charge in [-0.2, -0.15) is 0 Å². The summed E-state index contributed by atoms with van der Waals surface area (Å²) in [7, 11) is 1.32. The van der Waals surface area contributed by atoms with Crippen LogP contribution in [0.1, 0.15) is 40.4 Å². The van der Waals surface area contributed by atoms with Gasteiger partial charge in [0.15, 0.2) is 5.76 Å². The summed E-state index contributed by atoms with van der Waals surface area (Å²) in [5, 5.41) is 0. The Morgan fingerprint density at radius 2 is 1.63 bits per heavy atom. The number of nitrogen functional groups attached to an aromatic ring is 1. The van der Waals surface area contributed by atoms with Gasteiger partial charge in [-0.1, -0.05) is 66.7 Å². The molecule has 0 saturated carbocycles. The number of furan rings is 1. The number of nitrogens with zero attached hydrogens (tertiary/aromatic N) is 2. The second-order valence-corrected chi connectivity index (χ2v) is 10.6. The highest BCUT2D eigenvalue weighted by Gasteiger charge is 2.51. The first-order valence-corrected chi connectivity index (χ1v) is 14.2. The lowest BCUT2D eigenvalue weighted by molar-refractivity contribution is -0.150. The highest BCUT2D eigenvalue weighted by molar-refractivity contribution is 6.09. The number of piperidine rings is 1. The van der Waals surface area contributed by atoms with Crippen LogP contribution in [0.4, 0.5) is 11.4 Å². The van der Waals surface area contributed by atoms with Crippen molar-refractivity contribution in [2.45, 2.75) is 30.9 Å². The van der Waals surface area contributed by atoms with Crippen molar-refractivity contribution in [2.24, 2.45) is 0 Å². The number of benzene rings is 3. The van der Waals surface area contributed by atoms with Crippen LogP contribution in [0.25, 0.3) is 0 Å². The number of methoxy groups -OCH3 is 1. The molecule has 43 heavy (non-hydrogen) atoms. The largest absolute Gasteiger partial charge is 0.467 e. The van der Waals surface area contributed by atoms with Gasteiger partial charge in [0.1, 0.15) is 12.1 Å². The smallest absolute Gasteiger partial charge is 0.332 e. The lowest BCUT2D eigenvalue weighted by Crippen LogP contribution is -2.63. The minimum absolute atomic E-state index is 0.0958. The highest BCUT2D eigenvalue weighted by Crippen LogP contribution is 2.37. The fourth-order valence-electron chi connectivity index (χ4n) is 5.64. The predicted octanol–water partition coefficient (Wildman–Crippen LogP) is 5.04. The third-order valence-corrected chi connectivity index (χ3v) is 7.89. The number of hydrogen-bond donors (Lipinski definition) is 1. The molecule has 3 aromatic carbocycles. The Kier molecular flexibility index (Phi) is 9.22. The number of ether oxygens (including phenoxy) is 2. The quantitative estimate of drug-likeness (QED) is 0.205. The lowest BCUT2D eigenvalue weighted by atomic mass is 9.84. The molecule has 0 bridgehead atoms. The topological polar surface area (TPSA) is 115 Å². The van der Waals surface area contributed by atoms with E-state index in [1.807, 2.05) is 60.7 Å². The van der Waals surface area contributed by atoms with E-state index in [0.29, 0.717) is 31.0 Å². The number of hydrogen-bond acceptors (Lipinski definition) is 8. The van der Waals surface area contributed by atoms with E-state index in [-0.39, 0.29) is 31.2 Å². The van der Waals surface area contributed by atoms with Gasteiger partial charge in [-0.25, -0.2) is 4.79 Å². The van der Waals surface area contributed by atoms with E-state index in [9.17, 15) is 14.4 Å². The zero-order valence-electron chi connectivity index (χ0n) is 24.1. The molecular weight excluding hydrogens is 546 g/mol. The van der Waals surface area contributed by atoms with E-state index in [0.717, 1.165) is 11.1 Å². The minimum atomic E-state index is -1.32. The summed E-state index contributed by atoms with van der Waals surface area (Å²) in [5.74, 6) is -1.77. The number of nitrogens with two attached hydrogens (primary N) is 1. The molecule has 4 aromatic rings. The molecule has 2 heterocycles. The van der Waals surface area contributed by atoms with Crippen molar-refractivity contribution in [1.29, 1.82) is 0 Å². The number of amides is 1. The van der Waals surface area contributed by atoms with Crippen LogP contribution in [0.5, 0.6) is 0 Å². The summed E-state index contributed by atoms with van der Waals surface area (Å²) >= 11 is 0. The summed E-state index contributed by atoms with van der Waals surface area (Å²) in [6.45, 7) is 1.42. The zero-order valence-corrected chi connectivity index (χ0v) is 24.1. The molecule has 1 aliphatic rings. The molecule has 9 heteroatoms. The maximum absolute atomic E-state index is 13.9. The monoisotopic (exact) mass is 581 g/mol. The van der Waals surface area contributed by atoms with Gasteiger partial charge < -0.3 is 24.5 Å². The molecule has 2 N–H and O–H groups in total. The normalized spacial score (nSPS) is 15.3. The van der Waals surface area contributed by atoms with E-state index in [4.69, 9.17) is 19.6 Å². The van der Waals surface area contributed by atoms with Gasteiger partial charge in [0, 0.05) is 31.0 Å². The van der Waals surface area contributed by atoms with Crippen LogP contribution in [-0.4, -0.2) is 55.0 Å². The molecule has 0 aliphatic carbocycles. The summed E-state index contributed by atoms with van der Waals surface area (Å²) in [4.78, 5) is 44.4. The fourth-order valence-corrected chi connectivity index (χ4v) is 5.64. The molecule has 1 amide bonds. The molecule has 9 nitrogen and oxygen atoms in total. The van der Waals surface area contributed by atoms with Gasteiger partial charge in [-0.3, -0.25) is 14.5 Å². The van der Waals surface area contributed by atoms with Gasteiger partial charge in [0.25, 0.3) is 5.91 Å². The van der Waals surface area contributed by atoms with Crippen LogP contribution in [-0.2, 0) is 25.7 Å². The van der Waals surface area contributed by atoms with Gasteiger partial charge in [0.05, 0.1) is 19.3 Å². The number of carbonyl (C=O) groups is 3. The molecule has 5 rings (SSSR count). The lowest BCUT2D eigenvalue weighted by Gasteiger charge is -2.46. The Bertz CT molecular complexity index is 1520. The molecule has 1 unspecified atom stereocenters. The van der Waals surface area contributed by atoms with E-state index in [2.05, 4.69) is 4.90 Å². The predicted molar refractivity (Wildman–Crippen MR) is 162 cm³/mol. The zero-order chi connectivity index (χ0) is 30.2.